The van der Waals surface area contributed by atoms with Gasteiger partial charge in [0.05, 0.1) is 24.3 Å². The van der Waals surface area contributed by atoms with Gasteiger partial charge >= 0.3 is 5.97 Å². The van der Waals surface area contributed by atoms with E-state index in [-0.39, 0.29) is 11.6 Å². The molecule has 19 heavy (non-hydrogen) atoms. The van der Waals surface area contributed by atoms with E-state index in [0.717, 1.165) is 0 Å². The number of carboxylic acids is 1. The molecule has 1 aliphatic rings. The lowest BCUT2D eigenvalue weighted by Gasteiger charge is -2.32. The molecule has 0 aromatic heterocycles. The van der Waals surface area contributed by atoms with E-state index in [1.807, 2.05) is 0 Å². The summed E-state index contributed by atoms with van der Waals surface area (Å²) in [5, 5.41) is 9.04. The minimum absolute atomic E-state index is 0.0491. The molecule has 1 N–H and O–H groups in total. The molecule has 1 unspecified atom stereocenters. The van der Waals surface area contributed by atoms with Gasteiger partial charge in [0.1, 0.15) is 5.82 Å². The SMILES string of the molecule is O=C(O)CN1CCOC(c2cc(F)c(Cl)cc2Cl)C1. The highest BCUT2D eigenvalue weighted by Gasteiger charge is 2.25. The van der Waals surface area contributed by atoms with Gasteiger partial charge in [-0.2, -0.15) is 0 Å². The molecule has 1 saturated heterocycles. The third-order valence-corrected chi connectivity index (χ3v) is 3.51. The smallest absolute Gasteiger partial charge is 0.317 e. The Bertz CT molecular complexity index is 498. The molecule has 2 rings (SSSR count). The van der Waals surface area contributed by atoms with Gasteiger partial charge in [-0.15, -0.1) is 0 Å². The Morgan fingerprint density at radius 1 is 1.47 bits per heavy atom. The molecule has 0 spiro atoms. The lowest BCUT2D eigenvalue weighted by Crippen LogP contribution is -2.41. The number of ether oxygens (including phenoxy) is 1. The second kappa shape index (κ2) is 6.05. The summed E-state index contributed by atoms with van der Waals surface area (Å²) in [5.74, 6) is -1.48. The molecule has 104 valence electrons. The number of halogens is 3. The van der Waals surface area contributed by atoms with Crippen LogP contribution in [0.5, 0.6) is 0 Å². The van der Waals surface area contributed by atoms with E-state index in [1.54, 1.807) is 4.90 Å². The van der Waals surface area contributed by atoms with Crippen LogP contribution in [-0.4, -0.2) is 42.2 Å². The summed E-state index contributed by atoms with van der Waals surface area (Å²) in [4.78, 5) is 12.4. The maximum Gasteiger partial charge on any atom is 0.317 e. The van der Waals surface area contributed by atoms with Gasteiger partial charge in [-0.3, -0.25) is 9.69 Å². The Labute approximate surface area is 119 Å². The lowest BCUT2D eigenvalue weighted by atomic mass is 10.1. The summed E-state index contributed by atoms with van der Waals surface area (Å²) in [6.07, 6.45) is -0.452. The van der Waals surface area contributed by atoms with Crippen LogP contribution in [0.3, 0.4) is 0 Å². The number of benzene rings is 1. The molecule has 0 amide bonds. The van der Waals surface area contributed by atoms with Crippen molar-refractivity contribution in [3.63, 3.8) is 0 Å². The molecule has 1 aromatic carbocycles. The van der Waals surface area contributed by atoms with Crippen LogP contribution in [0.25, 0.3) is 0 Å². The number of rotatable bonds is 3. The number of carbonyl (C=O) groups is 1. The van der Waals surface area contributed by atoms with Crippen molar-refractivity contribution in [2.45, 2.75) is 6.10 Å². The van der Waals surface area contributed by atoms with Crippen molar-refractivity contribution < 1.29 is 19.0 Å². The number of morpholine rings is 1. The molecular formula is C12H12Cl2FNO3. The summed E-state index contributed by atoms with van der Waals surface area (Å²) in [6, 6.07) is 2.56. The molecule has 4 nitrogen and oxygen atoms in total. The molecular weight excluding hydrogens is 296 g/mol. The van der Waals surface area contributed by atoms with Crippen LogP contribution in [0.1, 0.15) is 11.7 Å². The van der Waals surface area contributed by atoms with Crippen LogP contribution >= 0.6 is 23.2 Å². The highest BCUT2D eigenvalue weighted by molar-refractivity contribution is 6.35. The average molecular weight is 308 g/mol. The van der Waals surface area contributed by atoms with Crippen molar-refractivity contribution in [1.82, 2.24) is 4.90 Å². The van der Waals surface area contributed by atoms with Crippen LogP contribution in [0, 0.1) is 5.82 Å². The van der Waals surface area contributed by atoms with E-state index in [1.165, 1.54) is 12.1 Å². The second-order valence-corrected chi connectivity index (χ2v) is 5.09. The standard InChI is InChI=1S/C12H12Cl2FNO3/c13-8-4-9(14)10(15)3-7(8)11-5-16(1-2-19-11)6-12(17)18/h3-4,11H,1-2,5-6H2,(H,17,18). The molecule has 1 aromatic rings. The summed E-state index contributed by atoms with van der Waals surface area (Å²) in [7, 11) is 0. The van der Waals surface area contributed by atoms with E-state index in [9.17, 15) is 9.18 Å². The van der Waals surface area contributed by atoms with E-state index in [2.05, 4.69) is 0 Å². The zero-order valence-corrected chi connectivity index (χ0v) is 11.4. The lowest BCUT2D eigenvalue weighted by molar-refractivity contribution is -0.140. The molecule has 1 aliphatic heterocycles. The third-order valence-electron chi connectivity index (χ3n) is 2.90. The van der Waals surface area contributed by atoms with Gasteiger partial charge in [0.15, 0.2) is 0 Å². The molecule has 0 aliphatic carbocycles. The Kier molecular flexibility index (Phi) is 4.62. The van der Waals surface area contributed by atoms with Gasteiger partial charge in [0.2, 0.25) is 0 Å². The zero-order chi connectivity index (χ0) is 14.0. The molecule has 1 atom stereocenters. The zero-order valence-electron chi connectivity index (χ0n) is 9.91. The molecule has 0 radical (unpaired) electrons. The number of aliphatic carboxylic acids is 1. The minimum Gasteiger partial charge on any atom is -0.480 e. The first kappa shape index (κ1) is 14.5. The van der Waals surface area contributed by atoms with Crippen LogP contribution < -0.4 is 0 Å². The highest BCUT2D eigenvalue weighted by atomic mass is 35.5. The normalized spacial score (nSPS) is 20.5. The van der Waals surface area contributed by atoms with Crippen LogP contribution in [0.2, 0.25) is 10.0 Å². The molecule has 0 saturated carbocycles. The first-order chi connectivity index (χ1) is 8.97. The molecule has 1 heterocycles. The maximum absolute atomic E-state index is 13.5. The number of nitrogens with zero attached hydrogens (tertiary/aromatic N) is 1. The van der Waals surface area contributed by atoms with E-state index >= 15 is 0 Å². The first-order valence-electron chi connectivity index (χ1n) is 5.67. The van der Waals surface area contributed by atoms with Crippen molar-refractivity contribution in [2.75, 3.05) is 26.2 Å². The van der Waals surface area contributed by atoms with E-state index in [4.69, 9.17) is 33.0 Å². The minimum atomic E-state index is -0.908. The van der Waals surface area contributed by atoms with Gasteiger partial charge in [0.25, 0.3) is 0 Å². The van der Waals surface area contributed by atoms with Crippen LogP contribution in [0.15, 0.2) is 12.1 Å². The monoisotopic (exact) mass is 307 g/mol. The van der Waals surface area contributed by atoms with Gasteiger partial charge < -0.3 is 9.84 Å². The van der Waals surface area contributed by atoms with E-state index in [0.29, 0.717) is 30.3 Å². The predicted molar refractivity (Wildman–Crippen MR) is 69.2 cm³/mol. The van der Waals surface area contributed by atoms with Crippen molar-refractivity contribution in [1.29, 1.82) is 0 Å². The molecule has 0 bridgehead atoms. The number of carboxylic acid groups (broad SMARTS) is 1. The van der Waals surface area contributed by atoms with Crippen LogP contribution in [-0.2, 0) is 9.53 Å². The fourth-order valence-corrected chi connectivity index (χ4v) is 2.52. The van der Waals surface area contributed by atoms with Gasteiger partial charge in [-0.1, -0.05) is 23.2 Å². The number of hydrogen-bond acceptors (Lipinski definition) is 3. The van der Waals surface area contributed by atoms with Gasteiger partial charge in [0, 0.05) is 23.7 Å². The van der Waals surface area contributed by atoms with Gasteiger partial charge in [-0.05, 0) is 12.1 Å². The molecule has 7 heteroatoms. The summed E-state index contributed by atoms with van der Waals surface area (Å²) >= 11 is 11.7. The maximum atomic E-state index is 13.5. The van der Waals surface area contributed by atoms with Gasteiger partial charge in [-0.25, -0.2) is 4.39 Å². The quantitative estimate of drug-likeness (QED) is 0.872. The van der Waals surface area contributed by atoms with Crippen molar-refractivity contribution >= 4 is 29.2 Å². The highest BCUT2D eigenvalue weighted by Crippen LogP contribution is 2.32. The Morgan fingerprint density at radius 3 is 2.89 bits per heavy atom. The van der Waals surface area contributed by atoms with Crippen molar-refractivity contribution in [3.05, 3.63) is 33.6 Å². The van der Waals surface area contributed by atoms with Crippen molar-refractivity contribution in [2.24, 2.45) is 0 Å². The second-order valence-electron chi connectivity index (χ2n) is 4.28. The molecule has 1 fully saturated rings. The Morgan fingerprint density at radius 2 is 2.21 bits per heavy atom. The largest absolute Gasteiger partial charge is 0.480 e. The Balaban J connectivity index is 2.17. The summed E-state index contributed by atoms with van der Waals surface area (Å²) in [6.45, 7) is 1.18. The van der Waals surface area contributed by atoms with Crippen molar-refractivity contribution in [3.8, 4) is 0 Å². The fourth-order valence-electron chi connectivity index (χ4n) is 2.01. The first-order valence-corrected chi connectivity index (χ1v) is 6.43. The summed E-state index contributed by atoms with van der Waals surface area (Å²) < 4.78 is 19.0. The Hall–Kier alpha value is -0.880. The third kappa shape index (κ3) is 3.57. The fraction of sp³-hybridized carbons (Fsp3) is 0.417. The van der Waals surface area contributed by atoms with E-state index < -0.39 is 17.9 Å². The topological polar surface area (TPSA) is 49.8 Å². The summed E-state index contributed by atoms with van der Waals surface area (Å²) in [5.41, 5.74) is 0.485. The average Bonchev–Trinajstić information content (AvgIpc) is 2.33. The number of hydrogen-bond donors (Lipinski definition) is 1. The predicted octanol–water partition coefficient (Wildman–Crippen LogP) is 2.59. The van der Waals surface area contributed by atoms with Crippen LogP contribution in [0.4, 0.5) is 4.39 Å².